The summed E-state index contributed by atoms with van der Waals surface area (Å²) in [6.45, 7) is 0.889. The molecule has 2 aliphatic rings. The molecule has 0 aromatic heterocycles. The van der Waals surface area contributed by atoms with Crippen molar-refractivity contribution in [3.63, 3.8) is 0 Å². The van der Waals surface area contributed by atoms with Crippen LogP contribution in [-0.2, 0) is 4.79 Å². The Labute approximate surface area is 121 Å². The molecule has 0 unspecified atom stereocenters. The van der Waals surface area contributed by atoms with Crippen LogP contribution in [0.3, 0.4) is 0 Å². The number of carbonyl (C=O) groups excluding carboxylic acids is 1. The van der Waals surface area contributed by atoms with E-state index in [2.05, 4.69) is 29.2 Å². The molecule has 1 aliphatic heterocycles. The molecule has 0 atom stereocenters. The fourth-order valence-corrected chi connectivity index (χ4v) is 3.69. The Hall–Kier alpha value is -1.51. The Kier molecular flexibility index (Phi) is 3.45. The maximum absolute atomic E-state index is 12.8. The SMILES string of the molecule is CN(C)c1ccc(N2CCC3(CCCCC3)C2=O)cc1. The molecular weight excluding hydrogens is 248 g/mol. The average Bonchev–Trinajstić information content (AvgIpc) is 2.77. The van der Waals surface area contributed by atoms with Crippen LogP contribution in [0.4, 0.5) is 11.4 Å². The van der Waals surface area contributed by atoms with Gasteiger partial charge in [0.2, 0.25) is 5.91 Å². The van der Waals surface area contributed by atoms with E-state index in [9.17, 15) is 4.79 Å². The number of amides is 1. The van der Waals surface area contributed by atoms with E-state index in [1.807, 2.05) is 19.0 Å². The molecule has 0 N–H and O–H groups in total. The third-order valence-corrected chi connectivity index (χ3v) is 5.00. The number of carbonyl (C=O) groups is 1. The van der Waals surface area contributed by atoms with E-state index in [0.717, 1.165) is 31.5 Å². The zero-order valence-corrected chi connectivity index (χ0v) is 12.6. The summed E-state index contributed by atoms with van der Waals surface area (Å²) < 4.78 is 0. The minimum atomic E-state index is -0.0293. The largest absolute Gasteiger partial charge is 0.378 e. The minimum Gasteiger partial charge on any atom is -0.378 e. The lowest BCUT2D eigenvalue weighted by molar-refractivity contribution is -0.127. The van der Waals surface area contributed by atoms with Gasteiger partial charge in [0.25, 0.3) is 0 Å². The summed E-state index contributed by atoms with van der Waals surface area (Å²) in [5.74, 6) is 0.370. The highest BCUT2D eigenvalue weighted by molar-refractivity contribution is 6.00. The molecule has 0 radical (unpaired) electrons. The summed E-state index contributed by atoms with van der Waals surface area (Å²) >= 11 is 0. The second-order valence-corrected chi connectivity index (χ2v) is 6.46. The molecule has 1 aromatic carbocycles. The van der Waals surface area contributed by atoms with E-state index in [0.29, 0.717) is 5.91 Å². The minimum absolute atomic E-state index is 0.0293. The molecule has 1 aromatic rings. The third kappa shape index (κ3) is 2.19. The maximum atomic E-state index is 12.8. The lowest BCUT2D eigenvalue weighted by atomic mass is 9.73. The standard InChI is InChI=1S/C17H24N2O/c1-18(2)14-6-8-15(9-7-14)19-13-12-17(16(19)20)10-4-3-5-11-17/h6-9H,3-5,10-13H2,1-2H3. The van der Waals surface area contributed by atoms with Crippen molar-refractivity contribution in [2.75, 3.05) is 30.4 Å². The van der Waals surface area contributed by atoms with Crippen molar-refractivity contribution in [2.24, 2.45) is 5.41 Å². The molecule has 1 amide bonds. The molecule has 1 aliphatic carbocycles. The van der Waals surface area contributed by atoms with Gasteiger partial charge in [-0.25, -0.2) is 0 Å². The van der Waals surface area contributed by atoms with Crippen LogP contribution in [-0.4, -0.2) is 26.5 Å². The summed E-state index contributed by atoms with van der Waals surface area (Å²) in [6.07, 6.45) is 6.97. The summed E-state index contributed by atoms with van der Waals surface area (Å²) in [6, 6.07) is 8.34. The lowest BCUT2D eigenvalue weighted by Gasteiger charge is -2.31. The Balaban J connectivity index is 1.79. The van der Waals surface area contributed by atoms with E-state index in [1.165, 1.54) is 24.9 Å². The van der Waals surface area contributed by atoms with Crippen molar-refractivity contribution in [3.05, 3.63) is 24.3 Å². The van der Waals surface area contributed by atoms with Crippen molar-refractivity contribution >= 4 is 17.3 Å². The average molecular weight is 272 g/mol. The summed E-state index contributed by atoms with van der Waals surface area (Å²) in [4.78, 5) is 16.9. The highest BCUT2D eigenvalue weighted by Crippen LogP contribution is 2.45. The molecule has 3 nitrogen and oxygen atoms in total. The van der Waals surface area contributed by atoms with Gasteiger partial charge in [0, 0.05) is 32.0 Å². The molecule has 1 spiro atoms. The quantitative estimate of drug-likeness (QED) is 0.823. The van der Waals surface area contributed by atoms with Gasteiger partial charge in [-0.05, 0) is 43.5 Å². The first-order valence-electron chi connectivity index (χ1n) is 7.72. The molecule has 1 heterocycles. The summed E-state index contributed by atoms with van der Waals surface area (Å²) in [7, 11) is 4.07. The van der Waals surface area contributed by atoms with E-state index >= 15 is 0 Å². The fraction of sp³-hybridized carbons (Fsp3) is 0.588. The molecular formula is C17H24N2O. The van der Waals surface area contributed by atoms with Crippen LogP contribution in [0.25, 0.3) is 0 Å². The second kappa shape index (κ2) is 5.12. The van der Waals surface area contributed by atoms with Crippen LogP contribution in [0.5, 0.6) is 0 Å². The van der Waals surface area contributed by atoms with Crippen LogP contribution in [0.2, 0.25) is 0 Å². The first-order valence-corrected chi connectivity index (χ1v) is 7.72. The zero-order valence-electron chi connectivity index (χ0n) is 12.6. The van der Waals surface area contributed by atoms with Gasteiger partial charge in [-0.1, -0.05) is 19.3 Å². The second-order valence-electron chi connectivity index (χ2n) is 6.46. The number of hydrogen-bond donors (Lipinski definition) is 0. The van der Waals surface area contributed by atoms with Crippen LogP contribution in [0.15, 0.2) is 24.3 Å². The van der Waals surface area contributed by atoms with Crippen molar-refractivity contribution in [1.82, 2.24) is 0 Å². The first kappa shape index (κ1) is 13.5. The Morgan fingerprint density at radius 1 is 1.00 bits per heavy atom. The number of nitrogens with zero attached hydrogens (tertiary/aromatic N) is 2. The maximum Gasteiger partial charge on any atom is 0.233 e. The predicted molar refractivity (Wildman–Crippen MR) is 83.3 cm³/mol. The summed E-state index contributed by atoms with van der Waals surface area (Å²) in [5.41, 5.74) is 2.20. The van der Waals surface area contributed by atoms with E-state index in [1.54, 1.807) is 0 Å². The van der Waals surface area contributed by atoms with Gasteiger partial charge in [-0.3, -0.25) is 4.79 Å². The predicted octanol–water partition coefficient (Wildman–Crippen LogP) is 3.44. The molecule has 20 heavy (non-hydrogen) atoms. The van der Waals surface area contributed by atoms with Gasteiger partial charge in [-0.2, -0.15) is 0 Å². The highest BCUT2D eigenvalue weighted by atomic mass is 16.2. The highest BCUT2D eigenvalue weighted by Gasteiger charge is 2.47. The number of anilines is 2. The molecule has 3 heteroatoms. The normalized spacial score (nSPS) is 21.5. The van der Waals surface area contributed by atoms with Gasteiger partial charge < -0.3 is 9.80 Å². The van der Waals surface area contributed by atoms with Crippen molar-refractivity contribution in [1.29, 1.82) is 0 Å². The van der Waals surface area contributed by atoms with Crippen molar-refractivity contribution < 1.29 is 4.79 Å². The van der Waals surface area contributed by atoms with Crippen LogP contribution >= 0.6 is 0 Å². The van der Waals surface area contributed by atoms with Crippen molar-refractivity contribution in [2.45, 2.75) is 38.5 Å². The smallest absolute Gasteiger partial charge is 0.233 e. The van der Waals surface area contributed by atoms with Gasteiger partial charge in [0.15, 0.2) is 0 Å². The van der Waals surface area contributed by atoms with E-state index in [-0.39, 0.29) is 5.41 Å². The van der Waals surface area contributed by atoms with E-state index in [4.69, 9.17) is 0 Å². The molecule has 108 valence electrons. The van der Waals surface area contributed by atoms with Crippen LogP contribution < -0.4 is 9.80 Å². The molecule has 3 rings (SSSR count). The van der Waals surface area contributed by atoms with Gasteiger partial charge >= 0.3 is 0 Å². The monoisotopic (exact) mass is 272 g/mol. The first-order chi connectivity index (χ1) is 9.62. The molecule has 2 fully saturated rings. The van der Waals surface area contributed by atoms with Gasteiger partial charge in [-0.15, -0.1) is 0 Å². The zero-order chi connectivity index (χ0) is 14.2. The van der Waals surface area contributed by atoms with Gasteiger partial charge in [0.1, 0.15) is 0 Å². The number of hydrogen-bond acceptors (Lipinski definition) is 2. The summed E-state index contributed by atoms with van der Waals surface area (Å²) in [5, 5.41) is 0. The topological polar surface area (TPSA) is 23.6 Å². The van der Waals surface area contributed by atoms with Crippen molar-refractivity contribution in [3.8, 4) is 0 Å². The van der Waals surface area contributed by atoms with E-state index < -0.39 is 0 Å². The fourth-order valence-electron chi connectivity index (χ4n) is 3.69. The molecule has 1 saturated heterocycles. The number of rotatable bonds is 2. The van der Waals surface area contributed by atoms with Crippen LogP contribution in [0.1, 0.15) is 38.5 Å². The van der Waals surface area contributed by atoms with Gasteiger partial charge in [0.05, 0.1) is 5.41 Å². The van der Waals surface area contributed by atoms with Crippen LogP contribution in [0, 0.1) is 5.41 Å². The molecule has 1 saturated carbocycles. The molecule has 0 bridgehead atoms. The Morgan fingerprint density at radius 2 is 1.65 bits per heavy atom. The number of benzene rings is 1. The lowest BCUT2D eigenvalue weighted by Crippen LogP contribution is -2.36. The Morgan fingerprint density at radius 3 is 2.25 bits per heavy atom. The third-order valence-electron chi connectivity index (χ3n) is 5.00. The Bertz CT molecular complexity index is 486.